The number of hydrogen-bond acceptors (Lipinski definition) is 4. The SMILES string of the molecule is CCNC(=NCC1(CCOC)CCC1)N1CCC[C@H](C(=O)OCC)C1. The number of carbonyl (C=O) groups is 1. The van der Waals surface area contributed by atoms with Crippen LogP contribution in [-0.2, 0) is 14.3 Å². The molecule has 2 fully saturated rings. The summed E-state index contributed by atoms with van der Waals surface area (Å²) in [6.45, 7) is 8.55. The van der Waals surface area contributed by atoms with Crippen LogP contribution in [0.4, 0.5) is 0 Å². The number of nitrogens with one attached hydrogen (secondary N) is 1. The van der Waals surface area contributed by atoms with Gasteiger partial charge in [-0.2, -0.15) is 0 Å². The van der Waals surface area contributed by atoms with Crippen LogP contribution in [-0.4, -0.2) is 63.3 Å². The molecule has 0 aromatic rings. The van der Waals surface area contributed by atoms with Crippen LogP contribution in [0.3, 0.4) is 0 Å². The number of carbonyl (C=O) groups excluding carboxylic acids is 1. The van der Waals surface area contributed by atoms with Crippen molar-refractivity contribution >= 4 is 11.9 Å². The second-order valence-electron chi connectivity index (χ2n) is 7.30. The maximum atomic E-state index is 12.1. The molecule has 6 heteroatoms. The quantitative estimate of drug-likeness (QED) is 0.412. The lowest BCUT2D eigenvalue weighted by molar-refractivity contribution is -0.149. The maximum Gasteiger partial charge on any atom is 0.310 e. The van der Waals surface area contributed by atoms with Crippen molar-refractivity contribution in [3.63, 3.8) is 0 Å². The Morgan fingerprint density at radius 2 is 2.12 bits per heavy atom. The van der Waals surface area contributed by atoms with Crippen molar-refractivity contribution in [3.8, 4) is 0 Å². The predicted molar refractivity (Wildman–Crippen MR) is 99.7 cm³/mol. The first-order valence-corrected chi connectivity index (χ1v) is 9.83. The molecule has 0 radical (unpaired) electrons. The third kappa shape index (κ3) is 5.59. The molecule has 0 bridgehead atoms. The lowest BCUT2D eigenvalue weighted by Crippen LogP contribution is -2.49. The average Bonchev–Trinajstić information content (AvgIpc) is 2.60. The van der Waals surface area contributed by atoms with E-state index < -0.39 is 0 Å². The number of rotatable bonds is 8. The standard InChI is InChI=1S/C19H35N3O3/c1-4-20-18(21-15-19(9-7-10-19)11-13-24-3)22-12-6-8-16(14-22)17(23)25-5-2/h16H,4-15H2,1-3H3,(H,20,21)/t16-/m0/s1. The zero-order valence-electron chi connectivity index (χ0n) is 16.2. The maximum absolute atomic E-state index is 12.1. The van der Waals surface area contributed by atoms with Crippen LogP contribution in [0, 0.1) is 11.3 Å². The number of guanidine groups is 1. The molecular formula is C19H35N3O3. The van der Waals surface area contributed by atoms with Crippen molar-refractivity contribution in [2.75, 3.05) is 46.5 Å². The van der Waals surface area contributed by atoms with E-state index in [-0.39, 0.29) is 11.9 Å². The molecule has 1 aliphatic carbocycles. The fourth-order valence-electron chi connectivity index (χ4n) is 3.77. The molecule has 1 atom stereocenters. The third-order valence-corrected chi connectivity index (χ3v) is 5.49. The van der Waals surface area contributed by atoms with Gasteiger partial charge in [0.05, 0.1) is 12.5 Å². The second-order valence-corrected chi connectivity index (χ2v) is 7.30. The summed E-state index contributed by atoms with van der Waals surface area (Å²) in [7, 11) is 1.77. The molecule has 0 spiro atoms. The minimum Gasteiger partial charge on any atom is -0.466 e. The molecule has 2 aliphatic rings. The fraction of sp³-hybridized carbons (Fsp3) is 0.895. The number of nitrogens with zero attached hydrogens (tertiary/aromatic N) is 2. The zero-order chi connectivity index (χ0) is 18.1. The molecule has 1 saturated carbocycles. The van der Waals surface area contributed by atoms with E-state index in [9.17, 15) is 4.79 Å². The molecule has 1 saturated heterocycles. The minimum absolute atomic E-state index is 0.0382. The van der Waals surface area contributed by atoms with Crippen molar-refractivity contribution in [1.82, 2.24) is 10.2 Å². The van der Waals surface area contributed by atoms with Crippen molar-refractivity contribution < 1.29 is 14.3 Å². The van der Waals surface area contributed by atoms with Gasteiger partial charge in [0.15, 0.2) is 5.96 Å². The van der Waals surface area contributed by atoms with Gasteiger partial charge in [0.25, 0.3) is 0 Å². The van der Waals surface area contributed by atoms with Gasteiger partial charge in [-0.3, -0.25) is 9.79 Å². The summed E-state index contributed by atoms with van der Waals surface area (Å²) in [5, 5.41) is 3.41. The van der Waals surface area contributed by atoms with E-state index in [4.69, 9.17) is 14.5 Å². The molecule has 6 nitrogen and oxygen atoms in total. The van der Waals surface area contributed by atoms with E-state index in [0.717, 1.165) is 51.5 Å². The number of aliphatic imine (C=N–C) groups is 1. The van der Waals surface area contributed by atoms with Gasteiger partial charge >= 0.3 is 5.97 Å². The monoisotopic (exact) mass is 353 g/mol. The molecule has 25 heavy (non-hydrogen) atoms. The van der Waals surface area contributed by atoms with E-state index in [1.807, 2.05) is 6.92 Å². The summed E-state index contributed by atoms with van der Waals surface area (Å²) >= 11 is 0. The number of esters is 1. The van der Waals surface area contributed by atoms with Gasteiger partial charge in [-0.25, -0.2) is 0 Å². The normalized spacial score (nSPS) is 23.1. The van der Waals surface area contributed by atoms with Crippen LogP contribution in [0.15, 0.2) is 4.99 Å². The van der Waals surface area contributed by atoms with Crippen LogP contribution in [0.1, 0.15) is 52.4 Å². The Labute approximate surface area is 152 Å². The largest absolute Gasteiger partial charge is 0.466 e. The molecule has 1 heterocycles. The smallest absolute Gasteiger partial charge is 0.310 e. The lowest BCUT2D eigenvalue weighted by atomic mass is 9.67. The number of likely N-dealkylation sites (tertiary alicyclic amines) is 1. The lowest BCUT2D eigenvalue weighted by Gasteiger charge is -2.41. The third-order valence-electron chi connectivity index (χ3n) is 5.49. The van der Waals surface area contributed by atoms with Gasteiger partial charge < -0.3 is 19.7 Å². The fourth-order valence-corrected chi connectivity index (χ4v) is 3.77. The van der Waals surface area contributed by atoms with Crippen LogP contribution in [0.5, 0.6) is 0 Å². The summed E-state index contributed by atoms with van der Waals surface area (Å²) < 4.78 is 10.5. The molecule has 2 rings (SSSR count). The molecule has 1 N–H and O–H groups in total. The van der Waals surface area contributed by atoms with E-state index in [1.54, 1.807) is 7.11 Å². The van der Waals surface area contributed by atoms with E-state index in [0.29, 0.717) is 18.6 Å². The summed E-state index contributed by atoms with van der Waals surface area (Å²) in [4.78, 5) is 19.3. The topological polar surface area (TPSA) is 63.2 Å². The van der Waals surface area contributed by atoms with Gasteiger partial charge in [-0.05, 0) is 51.4 Å². The number of hydrogen-bond donors (Lipinski definition) is 1. The molecule has 0 unspecified atom stereocenters. The van der Waals surface area contributed by atoms with E-state index in [2.05, 4.69) is 17.1 Å². The average molecular weight is 354 g/mol. The first kappa shape index (κ1) is 20.0. The van der Waals surface area contributed by atoms with Crippen LogP contribution < -0.4 is 5.32 Å². The van der Waals surface area contributed by atoms with E-state index >= 15 is 0 Å². The van der Waals surface area contributed by atoms with E-state index in [1.165, 1.54) is 19.3 Å². The van der Waals surface area contributed by atoms with Gasteiger partial charge in [-0.1, -0.05) is 6.42 Å². The molecule has 0 amide bonds. The first-order chi connectivity index (χ1) is 12.1. The van der Waals surface area contributed by atoms with Crippen LogP contribution in [0.2, 0.25) is 0 Å². The highest BCUT2D eigenvalue weighted by atomic mass is 16.5. The van der Waals surface area contributed by atoms with Gasteiger partial charge in [0.1, 0.15) is 0 Å². The van der Waals surface area contributed by atoms with Crippen LogP contribution >= 0.6 is 0 Å². The Bertz CT molecular complexity index is 449. The van der Waals surface area contributed by atoms with Crippen molar-refractivity contribution in [2.45, 2.75) is 52.4 Å². The van der Waals surface area contributed by atoms with Gasteiger partial charge in [0, 0.05) is 39.9 Å². The first-order valence-electron chi connectivity index (χ1n) is 9.83. The van der Waals surface area contributed by atoms with Gasteiger partial charge in [-0.15, -0.1) is 0 Å². The zero-order valence-corrected chi connectivity index (χ0v) is 16.2. The van der Waals surface area contributed by atoms with Crippen molar-refractivity contribution in [3.05, 3.63) is 0 Å². The highest BCUT2D eigenvalue weighted by molar-refractivity contribution is 5.81. The second kappa shape index (κ2) is 10.00. The number of methoxy groups -OCH3 is 1. The predicted octanol–water partition coefficient (Wildman–Crippen LogP) is 2.43. The molecule has 0 aromatic carbocycles. The Kier molecular flexibility index (Phi) is 8.00. The Balaban J connectivity index is 1.99. The van der Waals surface area contributed by atoms with Crippen molar-refractivity contribution in [1.29, 1.82) is 0 Å². The Morgan fingerprint density at radius 1 is 1.32 bits per heavy atom. The molecule has 1 aliphatic heterocycles. The number of ether oxygens (including phenoxy) is 2. The Hall–Kier alpha value is -1.30. The summed E-state index contributed by atoms with van der Waals surface area (Å²) in [6, 6.07) is 0. The molecule has 144 valence electrons. The number of piperidine rings is 1. The highest BCUT2D eigenvalue weighted by Gasteiger charge is 2.37. The van der Waals surface area contributed by atoms with Gasteiger partial charge in [0.2, 0.25) is 0 Å². The van der Waals surface area contributed by atoms with Crippen molar-refractivity contribution in [2.24, 2.45) is 16.3 Å². The summed E-state index contributed by atoms with van der Waals surface area (Å²) in [5.41, 5.74) is 0.313. The Morgan fingerprint density at radius 3 is 2.72 bits per heavy atom. The molecule has 0 aromatic heterocycles. The summed E-state index contributed by atoms with van der Waals surface area (Å²) in [5.74, 6) is 0.836. The highest BCUT2D eigenvalue weighted by Crippen LogP contribution is 2.44. The minimum atomic E-state index is -0.0707. The van der Waals surface area contributed by atoms with Crippen LogP contribution in [0.25, 0.3) is 0 Å². The molecular weight excluding hydrogens is 318 g/mol. The summed E-state index contributed by atoms with van der Waals surface area (Å²) in [6.07, 6.45) is 6.77.